The van der Waals surface area contributed by atoms with Crippen LogP contribution in [0.25, 0.3) is 0 Å². The van der Waals surface area contributed by atoms with Gasteiger partial charge in [0.25, 0.3) is 0 Å². The van der Waals surface area contributed by atoms with E-state index < -0.39 is 11.5 Å². The fourth-order valence-electron chi connectivity index (χ4n) is 4.63. The third kappa shape index (κ3) is 3.29. The first-order valence-corrected chi connectivity index (χ1v) is 10.4. The molecular weight excluding hydrogens is 354 g/mol. The minimum Gasteiger partial charge on any atom is -0.339 e. The van der Waals surface area contributed by atoms with Crippen LogP contribution >= 0.6 is 0 Å². The average molecular weight is 383 g/mol. The summed E-state index contributed by atoms with van der Waals surface area (Å²) in [5, 5.41) is 0. The maximum atomic E-state index is 13.5. The van der Waals surface area contributed by atoms with Gasteiger partial charge in [-0.3, -0.25) is 14.4 Å². The topological polar surface area (TPSA) is 60.9 Å². The van der Waals surface area contributed by atoms with Gasteiger partial charge in [-0.2, -0.15) is 0 Å². The monoisotopic (exact) mass is 383 g/mol. The molecule has 1 unspecified atom stereocenters. The second-order valence-electron chi connectivity index (χ2n) is 8.77. The summed E-state index contributed by atoms with van der Waals surface area (Å²) in [6, 6.07) is 9.41. The summed E-state index contributed by atoms with van der Waals surface area (Å²) in [6.07, 6.45) is 2.43. The number of fused-ring (bicyclic) bond motifs is 1. The third-order valence-electron chi connectivity index (χ3n) is 6.20. The number of piperazine rings is 1. The molecule has 0 radical (unpaired) electrons. The highest BCUT2D eigenvalue weighted by molar-refractivity contribution is 5.96. The molecule has 0 N–H and O–H groups in total. The lowest BCUT2D eigenvalue weighted by Crippen LogP contribution is -2.62. The maximum absolute atomic E-state index is 13.5. The lowest BCUT2D eigenvalue weighted by molar-refractivity contribution is -0.157. The van der Waals surface area contributed by atoms with Crippen molar-refractivity contribution in [2.45, 2.75) is 44.6 Å². The van der Waals surface area contributed by atoms with Crippen molar-refractivity contribution >= 4 is 17.7 Å². The largest absolute Gasteiger partial charge is 0.339 e. The summed E-state index contributed by atoms with van der Waals surface area (Å²) < 4.78 is 0. The second-order valence-corrected chi connectivity index (χ2v) is 8.77. The summed E-state index contributed by atoms with van der Waals surface area (Å²) >= 11 is 0. The van der Waals surface area contributed by atoms with Gasteiger partial charge in [-0.05, 0) is 30.7 Å². The molecule has 0 aromatic heterocycles. The number of nitrogens with zero attached hydrogens (tertiary/aromatic N) is 3. The highest BCUT2D eigenvalue weighted by Gasteiger charge is 2.54. The number of carbonyl (C=O) groups excluding carboxylic acids is 3. The molecule has 1 saturated carbocycles. The molecule has 0 spiro atoms. The summed E-state index contributed by atoms with van der Waals surface area (Å²) in [6.45, 7) is 6.30. The van der Waals surface area contributed by atoms with E-state index in [4.69, 9.17) is 0 Å². The normalized spacial score (nSPS) is 24.2. The van der Waals surface area contributed by atoms with E-state index in [1.165, 1.54) is 0 Å². The van der Waals surface area contributed by atoms with Gasteiger partial charge in [-0.25, -0.2) is 0 Å². The second kappa shape index (κ2) is 7.22. The molecule has 0 bridgehead atoms. The molecule has 2 aliphatic heterocycles. The Kier molecular flexibility index (Phi) is 4.89. The first-order chi connectivity index (χ1) is 13.4. The van der Waals surface area contributed by atoms with Crippen molar-refractivity contribution in [1.82, 2.24) is 14.7 Å². The molecule has 3 aliphatic rings. The molecule has 2 saturated heterocycles. The van der Waals surface area contributed by atoms with Gasteiger partial charge in [0.15, 0.2) is 0 Å². The summed E-state index contributed by atoms with van der Waals surface area (Å²) in [4.78, 5) is 44.4. The molecule has 4 rings (SSSR count). The third-order valence-corrected chi connectivity index (χ3v) is 6.20. The van der Waals surface area contributed by atoms with Crippen LogP contribution in [0.15, 0.2) is 30.3 Å². The van der Waals surface area contributed by atoms with Crippen LogP contribution in [-0.4, -0.2) is 71.2 Å². The van der Waals surface area contributed by atoms with Crippen LogP contribution in [0.3, 0.4) is 0 Å². The minimum atomic E-state index is -0.543. The first-order valence-electron chi connectivity index (χ1n) is 10.4. The molecule has 1 atom stereocenters. The molecule has 1 aromatic rings. The zero-order valence-corrected chi connectivity index (χ0v) is 16.8. The van der Waals surface area contributed by atoms with Crippen LogP contribution in [0.2, 0.25) is 0 Å². The number of hydrogen-bond acceptors (Lipinski definition) is 3. The number of amides is 3. The van der Waals surface area contributed by atoms with Crippen LogP contribution in [-0.2, 0) is 19.8 Å². The predicted octanol–water partition coefficient (Wildman–Crippen LogP) is 1.65. The molecule has 6 heteroatoms. The average Bonchev–Trinajstić information content (AvgIpc) is 3.49. The summed E-state index contributed by atoms with van der Waals surface area (Å²) in [7, 11) is 0. The van der Waals surface area contributed by atoms with E-state index in [-0.39, 0.29) is 24.3 Å². The molecule has 2 heterocycles. The van der Waals surface area contributed by atoms with Crippen LogP contribution < -0.4 is 0 Å². The highest BCUT2D eigenvalue weighted by atomic mass is 16.2. The standard InChI is InChI=1S/C22H29N3O3/c1-16(2)13-24-15-19(26)25-12-6-11-23(14-18(25)20(24)27)21(28)22(9-10-22)17-7-4-3-5-8-17/h3-5,7-8,16,18H,6,9-15H2,1-2H3. The van der Waals surface area contributed by atoms with Crippen molar-refractivity contribution in [3.8, 4) is 0 Å². The zero-order chi connectivity index (χ0) is 19.9. The van der Waals surface area contributed by atoms with Crippen LogP contribution in [0.4, 0.5) is 0 Å². The SMILES string of the molecule is CC(C)CN1CC(=O)N2CCCN(C(=O)C3(c4ccccc4)CC3)CC2C1=O. The van der Waals surface area contributed by atoms with Crippen molar-refractivity contribution in [2.75, 3.05) is 32.7 Å². The van der Waals surface area contributed by atoms with E-state index in [1.807, 2.05) is 49.1 Å². The lowest BCUT2D eigenvalue weighted by atomic mass is 9.94. The summed E-state index contributed by atoms with van der Waals surface area (Å²) in [5.74, 6) is 0.405. The van der Waals surface area contributed by atoms with Gasteiger partial charge in [0.05, 0.1) is 18.5 Å². The van der Waals surface area contributed by atoms with E-state index in [9.17, 15) is 14.4 Å². The van der Waals surface area contributed by atoms with Gasteiger partial charge >= 0.3 is 0 Å². The van der Waals surface area contributed by atoms with Gasteiger partial charge in [-0.1, -0.05) is 44.2 Å². The van der Waals surface area contributed by atoms with E-state index in [2.05, 4.69) is 0 Å². The predicted molar refractivity (Wildman–Crippen MR) is 105 cm³/mol. The Labute approximate surface area is 166 Å². The van der Waals surface area contributed by atoms with E-state index in [0.29, 0.717) is 32.1 Å². The van der Waals surface area contributed by atoms with Gasteiger partial charge in [0.2, 0.25) is 17.7 Å². The highest BCUT2D eigenvalue weighted by Crippen LogP contribution is 2.49. The smallest absolute Gasteiger partial charge is 0.247 e. The molecule has 6 nitrogen and oxygen atoms in total. The zero-order valence-electron chi connectivity index (χ0n) is 16.8. The Morgan fingerprint density at radius 3 is 2.50 bits per heavy atom. The van der Waals surface area contributed by atoms with Crippen LogP contribution in [0, 0.1) is 5.92 Å². The van der Waals surface area contributed by atoms with Crippen LogP contribution in [0.1, 0.15) is 38.7 Å². The van der Waals surface area contributed by atoms with Crippen LogP contribution in [0.5, 0.6) is 0 Å². The van der Waals surface area contributed by atoms with E-state index in [1.54, 1.807) is 9.80 Å². The van der Waals surface area contributed by atoms with Gasteiger partial charge in [0.1, 0.15) is 6.04 Å². The Bertz CT molecular complexity index is 772. The fourth-order valence-corrected chi connectivity index (χ4v) is 4.63. The number of hydrogen-bond donors (Lipinski definition) is 0. The first kappa shape index (κ1) is 19.0. The van der Waals surface area contributed by atoms with Crippen molar-refractivity contribution in [3.63, 3.8) is 0 Å². The molecule has 3 amide bonds. The molecule has 150 valence electrons. The fraction of sp³-hybridized carbons (Fsp3) is 0.591. The number of rotatable bonds is 4. The molecular formula is C22H29N3O3. The molecule has 28 heavy (non-hydrogen) atoms. The maximum Gasteiger partial charge on any atom is 0.247 e. The van der Waals surface area contributed by atoms with E-state index in [0.717, 1.165) is 24.8 Å². The van der Waals surface area contributed by atoms with Gasteiger partial charge in [-0.15, -0.1) is 0 Å². The van der Waals surface area contributed by atoms with E-state index >= 15 is 0 Å². The quantitative estimate of drug-likeness (QED) is 0.794. The van der Waals surface area contributed by atoms with Gasteiger partial charge in [0, 0.05) is 19.6 Å². The van der Waals surface area contributed by atoms with Gasteiger partial charge < -0.3 is 14.7 Å². The van der Waals surface area contributed by atoms with Crippen molar-refractivity contribution in [2.24, 2.45) is 5.92 Å². The van der Waals surface area contributed by atoms with Crippen molar-refractivity contribution in [1.29, 1.82) is 0 Å². The number of carbonyl (C=O) groups is 3. The minimum absolute atomic E-state index is 0.00347. The Morgan fingerprint density at radius 1 is 1.14 bits per heavy atom. The lowest BCUT2D eigenvalue weighted by Gasteiger charge is -2.40. The molecule has 1 aliphatic carbocycles. The summed E-state index contributed by atoms with van der Waals surface area (Å²) in [5.41, 5.74) is 0.629. The Balaban J connectivity index is 1.55. The molecule has 3 fully saturated rings. The van der Waals surface area contributed by atoms with Crippen molar-refractivity contribution in [3.05, 3.63) is 35.9 Å². The van der Waals surface area contributed by atoms with Crippen molar-refractivity contribution < 1.29 is 14.4 Å². The number of benzene rings is 1. The Hall–Kier alpha value is -2.37. The Morgan fingerprint density at radius 2 is 1.86 bits per heavy atom. The molecule has 1 aromatic carbocycles.